The molecule has 24 heavy (non-hydrogen) atoms. The van der Waals surface area contributed by atoms with E-state index in [0.717, 1.165) is 5.56 Å². The van der Waals surface area contributed by atoms with Crippen LogP contribution in [0.25, 0.3) is 0 Å². The van der Waals surface area contributed by atoms with E-state index in [-0.39, 0.29) is 36.7 Å². The van der Waals surface area contributed by atoms with E-state index in [1.165, 1.54) is 5.56 Å². The van der Waals surface area contributed by atoms with Crippen LogP contribution >= 0.6 is 35.6 Å². The van der Waals surface area contributed by atoms with Crippen LogP contribution in [0, 0.1) is 0 Å². The molecule has 6 heteroatoms. The van der Waals surface area contributed by atoms with Crippen LogP contribution in [0.2, 0.25) is 10.0 Å². The Balaban J connectivity index is 0.00000208. The van der Waals surface area contributed by atoms with E-state index in [1.54, 1.807) is 18.2 Å². The molecule has 0 spiro atoms. The van der Waals surface area contributed by atoms with E-state index in [2.05, 4.69) is 12.1 Å². The number of likely N-dealkylation sites (tertiary alicyclic amines) is 1. The molecule has 0 aromatic heterocycles. The van der Waals surface area contributed by atoms with E-state index < -0.39 is 0 Å². The number of hydrogen-bond donors (Lipinski definition) is 1. The zero-order valence-corrected chi connectivity index (χ0v) is 15.3. The lowest BCUT2D eigenvalue weighted by Crippen LogP contribution is -2.33. The number of amides is 1. The second-order valence-corrected chi connectivity index (χ2v) is 6.74. The highest BCUT2D eigenvalue weighted by Crippen LogP contribution is 2.28. The maximum absolute atomic E-state index is 12.6. The molecule has 1 saturated heterocycles. The quantitative estimate of drug-likeness (QED) is 0.870. The largest absolute Gasteiger partial charge is 0.340 e. The average Bonchev–Trinajstić information content (AvgIpc) is 2.93. The number of nitrogens with two attached hydrogens (primary N) is 1. The highest BCUT2D eigenvalue weighted by Gasteiger charge is 2.33. The zero-order chi connectivity index (χ0) is 16.4. The fourth-order valence-corrected chi connectivity index (χ4v) is 3.50. The van der Waals surface area contributed by atoms with Crippen molar-refractivity contribution >= 4 is 41.5 Å². The Morgan fingerprint density at radius 2 is 1.83 bits per heavy atom. The van der Waals surface area contributed by atoms with E-state index in [0.29, 0.717) is 23.1 Å². The molecule has 0 saturated carbocycles. The average molecular weight is 386 g/mol. The predicted octanol–water partition coefficient (Wildman–Crippen LogP) is 3.91. The Morgan fingerprint density at radius 1 is 1.12 bits per heavy atom. The number of benzene rings is 2. The minimum atomic E-state index is -0.0398. The third-order valence-corrected chi connectivity index (χ3v) is 4.89. The minimum absolute atomic E-state index is 0. The van der Waals surface area contributed by atoms with E-state index in [1.807, 2.05) is 23.1 Å². The van der Waals surface area contributed by atoms with Crippen LogP contribution in [0.15, 0.2) is 48.5 Å². The molecule has 2 aromatic rings. The van der Waals surface area contributed by atoms with Crippen molar-refractivity contribution in [1.29, 1.82) is 0 Å². The van der Waals surface area contributed by atoms with Gasteiger partial charge in [-0.05, 0) is 23.3 Å². The lowest BCUT2D eigenvalue weighted by Gasteiger charge is -2.17. The summed E-state index contributed by atoms with van der Waals surface area (Å²) in [4.78, 5) is 14.4. The van der Waals surface area contributed by atoms with Crippen LogP contribution < -0.4 is 5.73 Å². The van der Waals surface area contributed by atoms with E-state index >= 15 is 0 Å². The van der Waals surface area contributed by atoms with Crippen LogP contribution in [0.3, 0.4) is 0 Å². The Hall–Kier alpha value is -1.26. The van der Waals surface area contributed by atoms with Crippen LogP contribution in [0.4, 0.5) is 0 Å². The van der Waals surface area contributed by atoms with Gasteiger partial charge in [-0.3, -0.25) is 4.79 Å². The maximum Gasteiger partial charge on any atom is 0.227 e. The Morgan fingerprint density at radius 3 is 2.50 bits per heavy atom. The summed E-state index contributed by atoms with van der Waals surface area (Å²) in [7, 11) is 0. The highest BCUT2D eigenvalue weighted by molar-refractivity contribution is 6.35. The zero-order valence-electron chi connectivity index (χ0n) is 13.0. The van der Waals surface area contributed by atoms with Crippen molar-refractivity contribution in [3.05, 3.63) is 69.7 Å². The molecular weight excluding hydrogens is 367 g/mol. The number of rotatable bonds is 3. The summed E-state index contributed by atoms with van der Waals surface area (Å²) in [5.41, 5.74) is 8.21. The molecule has 3 rings (SSSR count). The van der Waals surface area contributed by atoms with Crippen LogP contribution in [0.5, 0.6) is 0 Å². The van der Waals surface area contributed by atoms with Crippen molar-refractivity contribution in [3.8, 4) is 0 Å². The normalized spacial score (nSPS) is 19.9. The number of nitrogens with zero attached hydrogens (tertiary/aromatic N) is 1. The molecule has 128 valence electrons. The second kappa shape index (κ2) is 8.21. The highest BCUT2D eigenvalue weighted by atomic mass is 35.5. The van der Waals surface area contributed by atoms with Crippen molar-refractivity contribution in [2.45, 2.75) is 18.4 Å². The van der Waals surface area contributed by atoms with Gasteiger partial charge in [0.1, 0.15) is 0 Å². The molecule has 0 unspecified atom stereocenters. The van der Waals surface area contributed by atoms with Gasteiger partial charge in [-0.2, -0.15) is 0 Å². The fourth-order valence-electron chi connectivity index (χ4n) is 3.03. The van der Waals surface area contributed by atoms with E-state index in [4.69, 9.17) is 28.9 Å². The van der Waals surface area contributed by atoms with Gasteiger partial charge in [0.15, 0.2) is 0 Å². The number of carbonyl (C=O) groups is 1. The van der Waals surface area contributed by atoms with Gasteiger partial charge in [-0.1, -0.05) is 59.6 Å². The van der Waals surface area contributed by atoms with Crippen molar-refractivity contribution in [2.75, 3.05) is 13.1 Å². The Labute approximate surface area is 158 Å². The van der Waals surface area contributed by atoms with Gasteiger partial charge in [0.05, 0.1) is 6.42 Å². The minimum Gasteiger partial charge on any atom is -0.340 e. The first-order valence-electron chi connectivity index (χ1n) is 7.57. The molecule has 1 heterocycles. The van der Waals surface area contributed by atoms with Crippen molar-refractivity contribution in [2.24, 2.45) is 5.73 Å². The summed E-state index contributed by atoms with van der Waals surface area (Å²) in [6.45, 7) is 1.22. The van der Waals surface area contributed by atoms with Gasteiger partial charge in [0.25, 0.3) is 0 Å². The van der Waals surface area contributed by atoms with Gasteiger partial charge in [0.2, 0.25) is 5.91 Å². The monoisotopic (exact) mass is 384 g/mol. The summed E-state index contributed by atoms with van der Waals surface area (Å²) >= 11 is 12.0. The summed E-state index contributed by atoms with van der Waals surface area (Å²) < 4.78 is 0. The van der Waals surface area contributed by atoms with Gasteiger partial charge in [-0.15, -0.1) is 12.4 Å². The first kappa shape index (κ1) is 19.1. The first-order valence-corrected chi connectivity index (χ1v) is 8.32. The van der Waals surface area contributed by atoms with Gasteiger partial charge in [0, 0.05) is 35.1 Å². The molecule has 0 aliphatic carbocycles. The Kier molecular flexibility index (Phi) is 6.53. The summed E-state index contributed by atoms with van der Waals surface area (Å²) in [5, 5.41) is 1.09. The number of carbonyl (C=O) groups excluding carboxylic acids is 1. The first-order chi connectivity index (χ1) is 11.0. The number of hydrogen-bond acceptors (Lipinski definition) is 2. The van der Waals surface area contributed by atoms with E-state index in [9.17, 15) is 4.79 Å². The fraction of sp³-hybridized carbons (Fsp3) is 0.278. The summed E-state index contributed by atoms with van der Waals surface area (Å²) in [6.07, 6.45) is 0.268. The van der Waals surface area contributed by atoms with Crippen LogP contribution in [0.1, 0.15) is 17.0 Å². The lowest BCUT2D eigenvalue weighted by molar-refractivity contribution is -0.129. The van der Waals surface area contributed by atoms with Crippen molar-refractivity contribution in [1.82, 2.24) is 4.90 Å². The third-order valence-electron chi connectivity index (χ3n) is 4.30. The predicted molar refractivity (Wildman–Crippen MR) is 101 cm³/mol. The van der Waals surface area contributed by atoms with Crippen molar-refractivity contribution < 1.29 is 4.79 Å². The van der Waals surface area contributed by atoms with Crippen LogP contribution in [-0.4, -0.2) is 29.9 Å². The number of halogens is 3. The molecule has 0 radical (unpaired) electrons. The standard InChI is InChI=1S/C18H18Cl2N2O.ClH/c19-14-7-6-13(16(20)9-14)8-18(23)22-10-15(17(21)11-22)12-4-2-1-3-5-12;/h1-7,9,15,17H,8,10-11,21H2;1H/t15-,17+;/m0./s1. The second-order valence-electron chi connectivity index (χ2n) is 5.89. The molecular formula is C18H19Cl3N2O. The van der Waals surface area contributed by atoms with Crippen LogP contribution in [-0.2, 0) is 11.2 Å². The smallest absolute Gasteiger partial charge is 0.227 e. The molecule has 1 aliphatic heterocycles. The molecule has 3 nitrogen and oxygen atoms in total. The maximum atomic E-state index is 12.6. The molecule has 1 aliphatic rings. The molecule has 2 atom stereocenters. The summed E-state index contributed by atoms with van der Waals surface area (Å²) in [6, 6.07) is 15.3. The summed E-state index contributed by atoms with van der Waals surface area (Å²) in [5.74, 6) is 0.226. The lowest BCUT2D eigenvalue weighted by atomic mass is 9.95. The molecule has 1 amide bonds. The molecule has 2 aromatic carbocycles. The molecule has 0 bridgehead atoms. The third kappa shape index (κ3) is 4.22. The van der Waals surface area contributed by atoms with Crippen molar-refractivity contribution in [3.63, 3.8) is 0 Å². The van der Waals surface area contributed by atoms with Gasteiger partial charge >= 0.3 is 0 Å². The Bertz CT molecular complexity index is 709. The van der Waals surface area contributed by atoms with Gasteiger partial charge < -0.3 is 10.6 Å². The molecule has 1 fully saturated rings. The van der Waals surface area contributed by atoms with Gasteiger partial charge in [-0.25, -0.2) is 0 Å². The topological polar surface area (TPSA) is 46.3 Å². The SMILES string of the molecule is Cl.N[C@@H]1CN(C(=O)Cc2ccc(Cl)cc2Cl)C[C@H]1c1ccccc1. The molecule has 2 N–H and O–H groups in total.